The lowest BCUT2D eigenvalue weighted by atomic mass is 10.0. The third-order valence-corrected chi connectivity index (χ3v) is 5.28. The maximum Gasteiger partial charge on any atom is 0.191 e. The van der Waals surface area contributed by atoms with E-state index in [4.69, 9.17) is 9.47 Å². The second-order valence-corrected chi connectivity index (χ2v) is 7.85. The molecule has 1 atom stereocenters. The Balaban J connectivity index is 0.00000420. The summed E-state index contributed by atoms with van der Waals surface area (Å²) in [5.74, 6) is 3.10. The van der Waals surface area contributed by atoms with Gasteiger partial charge in [0.25, 0.3) is 0 Å². The van der Waals surface area contributed by atoms with Crippen LogP contribution in [0.3, 0.4) is 0 Å². The first-order chi connectivity index (χ1) is 13.6. The number of hydrogen-bond donors (Lipinski definition) is 2. The van der Waals surface area contributed by atoms with Crippen molar-refractivity contribution in [3.8, 4) is 11.5 Å². The molecular formula is C22H39IN4O2. The van der Waals surface area contributed by atoms with E-state index in [1.165, 1.54) is 37.9 Å². The van der Waals surface area contributed by atoms with Crippen molar-refractivity contribution < 1.29 is 9.47 Å². The van der Waals surface area contributed by atoms with Crippen LogP contribution in [-0.2, 0) is 6.42 Å². The first-order valence-electron chi connectivity index (χ1n) is 10.5. The van der Waals surface area contributed by atoms with E-state index in [2.05, 4.69) is 40.4 Å². The quantitative estimate of drug-likeness (QED) is 0.282. The number of rotatable bonds is 10. The Labute approximate surface area is 193 Å². The fourth-order valence-electron chi connectivity index (χ4n) is 3.81. The van der Waals surface area contributed by atoms with E-state index in [1.54, 1.807) is 14.2 Å². The zero-order valence-corrected chi connectivity index (χ0v) is 21.0. The summed E-state index contributed by atoms with van der Waals surface area (Å²) in [6.07, 6.45) is 4.76. The second kappa shape index (κ2) is 13.9. The Bertz CT molecular complexity index is 619. The zero-order valence-electron chi connectivity index (χ0n) is 18.7. The average Bonchev–Trinajstić information content (AvgIpc) is 3.23. The summed E-state index contributed by atoms with van der Waals surface area (Å²) in [6.45, 7) is 8.81. The van der Waals surface area contributed by atoms with Gasteiger partial charge in [0, 0.05) is 26.2 Å². The van der Waals surface area contributed by atoms with Crippen LogP contribution in [0.4, 0.5) is 0 Å². The second-order valence-electron chi connectivity index (χ2n) is 7.85. The minimum Gasteiger partial charge on any atom is -0.493 e. The van der Waals surface area contributed by atoms with E-state index in [9.17, 15) is 0 Å². The Morgan fingerprint density at radius 1 is 1.10 bits per heavy atom. The van der Waals surface area contributed by atoms with Gasteiger partial charge in [0.1, 0.15) is 0 Å². The molecule has 1 aromatic carbocycles. The predicted molar refractivity (Wildman–Crippen MR) is 132 cm³/mol. The Morgan fingerprint density at radius 3 is 2.38 bits per heavy atom. The summed E-state index contributed by atoms with van der Waals surface area (Å²) in [4.78, 5) is 7.02. The van der Waals surface area contributed by atoms with Gasteiger partial charge >= 0.3 is 0 Å². The molecule has 1 aromatic rings. The molecule has 1 saturated heterocycles. The van der Waals surface area contributed by atoms with Gasteiger partial charge in [0.05, 0.1) is 14.2 Å². The van der Waals surface area contributed by atoms with Crippen LogP contribution in [0, 0.1) is 5.92 Å². The maximum atomic E-state index is 5.38. The van der Waals surface area contributed by atoms with Gasteiger partial charge in [-0.25, -0.2) is 0 Å². The van der Waals surface area contributed by atoms with Gasteiger partial charge < -0.3 is 20.1 Å². The molecule has 2 N–H and O–H groups in total. The molecule has 1 fully saturated rings. The first kappa shape index (κ1) is 25.8. The molecule has 1 unspecified atom stereocenters. The largest absolute Gasteiger partial charge is 0.493 e. The van der Waals surface area contributed by atoms with Gasteiger partial charge in [0.15, 0.2) is 17.5 Å². The van der Waals surface area contributed by atoms with Crippen LogP contribution in [0.2, 0.25) is 0 Å². The van der Waals surface area contributed by atoms with E-state index < -0.39 is 0 Å². The number of aliphatic imine (C=N–C) groups is 1. The van der Waals surface area contributed by atoms with E-state index in [0.717, 1.165) is 37.0 Å². The molecule has 7 heteroatoms. The molecule has 1 heterocycles. The monoisotopic (exact) mass is 518 g/mol. The summed E-state index contributed by atoms with van der Waals surface area (Å²) >= 11 is 0. The van der Waals surface area contributed by atoms with Crippen molar-refractivity contribution in [1.82, 2.24) is 15.5 Å². The molecule has 0 radical (unpaired) electrons. The molecule has 0 bridgehead atoms. The molecule has 1 aliphatic heterocycles. The van der Waals surface area contributed by atoms with Crippen LogP contribution in [0.25, 0.3) is 0 Å². The Morgan fingerprint density at radius 2 is 1.79 bits per heavy atom. The third kappa shape index (κ3) is 8.58. The Kier molecular flexibility index (Phi) is 12.4. The number of benzene rings is 1. The maximum absolute atomic E-state index is 5.38. The minimum absolute atomic E-state index is 0. The molecule has 1 aliphatic rings. The average molecular weight is 518 g/mol. The van der Waals surface area contributed by atoms with E-state index >= 15 is 0 Å². The molecule has 0 aliphatic carbocycles. The summed E-state index contributed by atoms with van der Waals surface area (Å²) < 4.78 is 10.7. The van der Waals surface area contributed by atoms with Crippen LogP contribution >= 0.6 is 24.0 Å². The first-order valence-corrected chi connectivity index (χ1v) is 10.5. The van der Waals surface area contributed by atoms with Gasteiger partial charge in [-0.1, -0.05) is 19.9 Å². The van der Waals surface area contributed by atoms with Crippen LogP contribution < -0.4 is 20.1 Å². The highest BCUT2D eigenvalue weighted by molar-refractivity contribution is 14.0. The van der Waals surface area contributed by atoms with Crippen molar-refractivity contribution in [2.24, 2.45) is 10.9 Å². The van der Waals surface area contributed by atoms with E-state index in [0.29, 0.717) is 12.0 Å². The normalized spacial score (nSPS) is 15.7. The smallest absolute Gasteiger partial charge is 0.191 e. The third-order valence-electron chi connectivity index (χ3n) is 5.28. The number of halogens is 1. The molecule has 0 amide bonds. The molecule has 6 nitrogen and oxygen atoms in total. The van der Waals surface area contributed by atoms with Gasteiger partial charge in [-0.3, -0.25) is 9.89 Å². The molecule has 29 heavy (non-hydrogen) atoms. The molecule has 0 saturated carbocycles. The van der Waals surface area contributed by atoms with Gasteiger partial charge in [-0.15, -0.1) is 24.0 Å². The van der Waals surface area contributed by atoms with Crippen molar-refractivity contribution in [2.75, 3.05) is 47.4 Å². The predicted octanol–water partition coefficient (Wildman–Crippen LogP) is 3.54. The van der Waals surface area contributed by atoms with Crippen molar-refractivity contribution in [3.63, 3.8) is 0 Å². The van der Waals surface area contributed by atoms with Crippen LogP contribution in [0.15, 0.2) is 23.2 Å². The highest BCUT2D eigenvalue weighted by atomic mass is 127. The van der Waals surface area contributed by atoms with Gasteiger partial charge in [0.2, 0.25) is 0 Å². The Hall–Kier alpha value is -1.22. The van der Waals surface area contributed by atoms with Gasteiger partial charge in [-0.2, -0.15) is 0 Å². The highest BCUT2D eigenvalue weighted by Crippen LogP contribution is 2.27. The van der Waals surface area contributed by atoms with E-state index in [-0.39, 0.29) is 24.0 Å². The van der Waals surface area contributed by atoms with Crippen molar-refractivity contribution in [3.05, 3.63) is 23.8 Å². The van der Waals surface area contributed by atoms with Crippen LogP contribution in [0.1, 0.15) is 38.7 Å². The number of guanidine groups is 1. The SMILES string of the molecule is CN=C(NCCc1ccc(OC)c(OC)c1)NCC(CC(C)C)N1CCCC1.I. The summed E-state index contributed by atoms with van der Waals surface area (Å²) in [5.41, 5.74) is 1.20. The lowest BCUT2D eigenvalue weighted by molar-refractivity contribution is 0.213. The summed E-state index contributed by atoms with van der Waals surface area (Å²) in [5, 5.41) is 6.96. The number of likely N-dealkylation sites (tertiary alicyclic amines) is 1. The number of hydrogen-bond acceptors (Lipinski definition) is 4. The van der Waals surface area contributed by atoms with Crippen molar-refractivity contribution in [1.29, 1.82) is 0 Å². The number of ether oxygens (including phenoxy) is 2. The van der Waals surface area contributed by atoms with E-state index in [1.807, 2.05) is 19.2 Å². The highest BCUT2D eigenvalue weighted by Gasteiger charge is 2.22. The molecule has 0 aromatic heterocycles. The molecule has 2 rings (SSSR count). The van der Waals surface area contributed by atoms with Crippen molar-refractivity contribution >= 4 is 29.9 Å². The van der Waals surface area contributed by atoms with Crippen LogP contribution in [-0.4, -0.2) is 64.3 Å². The van der Waals surface area contributed by atoms with Crippen molar-refractivity contribution in [2.45, 2.75) is 45.6 Å². The molecule has 0 spiro atoms. The topological polar surface area (TPSA) is 58.1 Å². The molecule has 166 valence electrons. The number of nitrogens with zero attached hydrogens (tertiary/aromatic N) is 2. The summed E-state index contributed by atoms with van der Waals surface area (Å²) in [7, 11) is 5.15. The number of nitrogens with one attached hydrogen (secondary N) is 2. The zero-order chi connectivity index (χ0) is 20.4. The lowest BCUT2D eigenvalue weighted by Gasteiger charge is -2.29. The lowest BCUT2D eigenvalue weighted by Crippen LogP contribution is -2.47. The minimum atomic E-state index is 0. The fourth-order valence-corrected chi connectivity index (χ4v) is 3.81. The fraction of sp³-hybridized carbons (Fsp3) is 0.682. The number of methoxy groups -OCH3 is 2. The molecular weight excluding hydrogens is 479 g/mol. The standard InChI is InChI=1S/C22H38N4O2.HI/c1-17(2)14-19(26-12-6-7-13-26)16-25-22(23-3)24-11-10-18-8-9-20(27-4)21(15-18)28-5;/h8-9,15,17,19H,6-7,10-14,16H2,1-5H3,(H2,23,24,25);1H. The van der Waals surface area contributed by atoms with Crippen LogP contribution in [0.5, 0.6) is 11.5 Å². The van der Waals surface area contributed by atoms with Gasteiger partial charge in [-0.05, 0) is 62.4 Å². The summed E-state index contributed by atoms with van der Waals surface area (Å²) in [6, 6.07) is 6.63.